The molecular formula is C13H18N6O. The fraction of sp³-hybridized carbons (Fsp3) is 0.538. The van der Waals surface area contributed by atoms with E-state index in [4.69, 9.17) is 4.74 Å². The zero-order chi connectivity index (χ0) is 13.9. The first-order valence-electron chi connectivity index (χ1n) is 6.84. The summed E-state index contributed by atoms with van der Waals surface area (Å²) in [7, 11) is 1.60. The number of aryl methyl sites for hydroxylation is 2. The number of ether oxygens (including phenoxy) is 1. The van der Waals surface area contributed by atoms with Crippen LogP contribution in [-0.2, 0) is 19.4 Å². The molecule has 0 saturated carbocycles. The summed E-state index contributed by atoms with van der Waals surface area (Å²) in [5, 5.41) is 11.8. The first-order valence-corrected chi connectivity index (χ1v) is 6.84. The van der Waals surface area contributed by atoms with Crippen LogP contribution in [0.3, 0.4) is 0 Å². The van der Waals surface area contributed by atoms with Crippen molar-refractivity contribution in [1.82, 2.24) is 24.7 Å². The molecule has 1 aliphatic heterocycles. The maximum absolute atomic E-state index is 5.11. The van der Waals surface area contributed by atoms with E-state index in [0.29, 0.717) is 11.8 Å². The fourth-order valence-corrected chi connectivity index (χ4v) is 2.47. The molecule has 0 bridgehead atoms. The van der Waals surface area contributed by atoms with Gasteiger partial charge in [-0.15, -0.1) is 10.2 Å². The Hall–Kier alpha value is -2.18. The summed E-state index contributed by atoms with van der Waals surface area (Å²) in [4.78, 5) is 8.51. The summed E-state index contributed by atoms with van der Waals surface area (Å²) in [6, 6.07) is 2.02. The van der Waals surface area contributed by atoms with Crippen LogP contribution in [0.1, 0.15) is 25.0 Å². The third-order valence-corrected chi connectivity index (χ3v) is 3.51. The predicted molar refractivity (Wildman–Crippen MR) is 73.7 cm³/mol. The maximum atomic E-state index is 5.11. The van der Waals surface area contributed by atoms with E-state index in [2.05, 4.69) is 37.0 Å². The van der Waals surface area contributed by atoms with Gasteiger partial charge < -0.3 is 14.6 Å². The van der Waals surface area contributed by atoms with Crippen molar-refractivity contribution in [3.05, 3.63) is 23.9 Å². The molecule has 0 amide bonds. The van der Waals surface area contributed by atoms with Crippen molar-refractivity contribution in [2.45, 2.75) is 38.8 Å². The number of hydrogen-bond donors (Lipinski definition) is 1. The molecule has 0 aliphatic carbocycles. The van der Waals surface area contributed by atoms with E-state index in [1.54, 1.807) is 19.4 Å². The van der Waals surface area contributed by atoms with Crippen LogP contribution in [0.4, 0.5) is 5.95 Å². The average molecular weight is 274 g/mol. The first-order chi connectivity index (χ1) is 9.80. The Labute approximate surface area is 117 Å². The Bertz CT molecular complexity index is 583. The molecule has 1 aliphatic rings. The minimum absolute atomic E-state index is 0.288. The second kappa shape index (κ2) is 5.44. The van der Waals surface area contributed by atoms with Crippen molar-refractivity contribution in [3.63, 3.8) is 0 Å². The van der Waals surface area contributed by atoms with E-state index in [-0.39, 0.29) is 6.04 Å². The number of methoxy groups -OCH3 is 1. The van der Waals surface area contributed by atoms with Gasteiger partial charge in [0.25, 0.3) is 0 Å². The van der Waals surface area contributed by atoms with E-state index in [9.17, 15) is 0 Å². The minimum Gasteiger partial charge on any atom is -0.481 e. The van der Waals surface area contributed by atoms with Crippen LogP contribution in [0.5, 0.6) is 5.88 Å². The molecule has 7 heteroatoms. The molecule has 0 aromatic carbocycles. The summed E-state index contributed by atoms with van der Waals surface area (Å²) in [6.07, 6.45) is 4.52. The standard InChI is InChI=1S/C13H18N6O/c1-3-10-17-18-11-5-4-9(8-19(10)11)15-13-14-7-6-12(16-13)20-2/h6-7,9H,3-5,8H2,1-2H3,(H,14,15,16). The van der Waals surface area contributed by atoms with E-state index >= 15 is 0 Å². The van der Waals surface area contributed by atoms with Gasteiger partial charge in [-0.25, -0.2) is 4.98 Å². The van der Waals surface area contributed by atoms with E-state index in [0.717, 1.165) is 37.5 Å². The van der Waals surface area contributed by atoms with E-state index in [1.807, 2.05) is 0 Å². The number of aromatic nitrogens is 5. The lowest BCUT2D eigenvalue weighted by Gasteiger charge is -2.25. The third-order valence-electron chi connectivity index (χ3n) is 3.51. The molecule has 2 aromatic rings. The van der Waals surface area contributed by atoms with Crippen molar-refractivity contribution >= 4 is 5.95 Å². The van der Waals surface area contributed by atoms with Crippen LogP contribution in [0, 0.1) is 0 Å². The fourth-order valence-electron chi connectivity index (χ4n) is 2.47. The SMILES string of the molecule is CCc1nnc2n1CC(Nc1nccc(OC)n1)CC2. The van der Waals surface area contributed by atoms with Crippen LogP contribution in [-0.4, -0.2) is 37.9 Å². The van der Waals surface area contributed by atoms with Crippen molar-refractivity contribution in [2.24, 2.45) is 0 Å². The van der Waals surface area contributed by atoms with Crippen LogP contribution in [0.2, 0.25) is 0 Å². The van der Waals surface area contributed by atoms with Crippen molar-refractivity contribution in [1.29, 1.82) is 0 Å². The molecule has 0 fully saturated rings. The summed E-state index contributed by atoms with van der Waals surface area (Å²) in [6.45, 7) is 2.95. The zero-order valence-corrected chi connectivity index (χ0v) is 11.7. The van der Waals surface area contributed by atoms with Gasteiger partial charge in [0, 0.05) is 37.7 Å². The second-order valence-electron chi connectivity index (χ2n) is 4.80. The Morgan fingerprint density at radius 2 is 2.35 bits per heavy atom. The number of fused-ring (bicyclic) bond motifs is 1. The smallest absolute Gasteiger partial charge is 0.226 e. The molecule has 20 heavy (non-hydrogen) atoms. The normalized spacial score (nSPS) is 17.6. The minimum atomic E-state index is 0.288. The molecular weight excluding hydrogens is 256 g/mol. The quantitative estimate of drug-likeness (QED) is 0.898. The zero-order valence-electron chi connectivity index (χ0n) is 11.7. The topological polar surface area (TPSA) is 77.8 Å². The molecule has 2 aromatic heterocycles. The van der Waals surface area contributed by atoms with Crippen molar-refractivity contribution in [2.75, 3.05) is 12.4 Å². The number of anilines is 1. The summed E-state index contributed by atoms with van der Waals surface area (Å²) >= 11 is 0. The van der Waals surface area contributed by atoms with Gasteiger partial charge in [0.15, 0.2) is 0 Å². The molecule has 1 N–H and O–H groups in total. The lowest BCUT2D eigenvalue weighted by molar-refractivity contribution is 0.396. The van der Waals surface area contributed by atoms with Crippen LogP contribution in [0.25, 0.3) is 0 Å². The molecule has 3 rings (SSSR count). The van der Waals surface area contributed by atoms with E-state index in [1.165, 1.54) is 0 Å². The van der Waals surface area contributed by atoms with Crippen LogP contribution < -0.4 is 10.1 Å². The number of nitrogens with one attached hydrogen (secondary N) is 1. The molecule has 0 radical (unpaired) electrons. The van der Waals surface area contributed by atoms with Gasteiger partial charge >= 0.3 is 0 Å². The largest absolute Gasteiger partial charge is 0.481 e. The maximum Gasteiger partial charge on any atom is 0.226 e. The number of rotatable bonds is 4. The highest BCUT2D eigenvalue weighted by molar-refractivity contribution is 5.29. The van der Waals surface area contributed by atoms with E-state index < -0.39 is 0 Å². The number of hydrogen-bond acceptors (Lipinski definition) is 6. The third kappa shape index (κ3) is 2.43. The van der Waals surface area contributed by atoms with Gasteiger partial charge in [-0.3, -0.25) is 0 Å². The molecule has 0 spiro atoms. The van der Waals surface area contributed by atoms with Crippen molar-refractivity contribution < 1.29 is 4.74 Å². The van der Waals surface area contributed by atoms with Gasteiger partial charge in [-0.05, 0) is 6.42 Å². The molecule has 1 unspecified atom stereocenters. The van der Waals surface area contributed by atoms with Gasteiger partial charge in [0.2, 0.25) is 11.8 Å². The molecule has 106 valence electrons. The van der Waals surface area contributed by atoms with Gasteiger partial charge in [-0.2, -0.15) is 4.98 Å². The van der Waals surface area contributed by atoms with Gasteiger partial charge in [0.05, 0.1) is 7.11 Å². The summed E-state index contributed by atoms with van der Waals surface area (Å²) < 4.78 is 7.30. The second-order valence-corrected chi connectivity index (χ2v) is 4.80. The average Bonchev–Trinajstić information content (AvgIpc) is 2.90. The lowest BCUT2D eigenvalue weighted by Crippen LogP contribution is -2.32. The van der Waals surface area contributed by atoms with Gasteiger partial charge in [-0.1, -0.05) is 6.92 Å². The van der Waals surface area contributed by atoms with Crippen LogP contribution in [0.15, 0.2) is 12.3 Å². The molecule has 3 heterocycles. The Balaban J connectivity index is 1.73. The Kier molecular flexibility index (Phi) is 3.49. The number of nitrogens with zero attached hydrogens (tertiary/aromatic N) is 5. The Morgan fingerprint density at radius 1 is 1.45 bits per heavy atom. The summed E-state index contributed by atoms with van der Waals surface area (Å²) in [5.74, 6) is 3.28. The first kappa shape index (κ1) is 12.8. The van der Waals surface area contributed by atoms with Gasteiger partial charge in [0.1, 0.15) is 11.6 Å². The Morgan fingerprint density at radius 3 is 3.15 bits per heavy atom. The van der Waals surface area contributed by atoms with Crippen molar-refractivity contribution in [3.8, 4) is 5.88 Å². The highest BCUT2D eigenvalue weighted by atomic mass is 16.5. The molecule has 1 atom stereocenters. The lowest BCUT2D eigenvalue weighted by atomic mass is 10.1. The highest BCUT2D eigenvalue weighted by Crippen LogP contribution is 2.18. The molecule has 7 nitrogen and oxygen atoms in total. The summed E-state index contributed by atoms with van der Waals surface area (Å²) in [5.41, 5.74) is 0. The monoisotopic (exact) mass is 274 g/mol. The van der Waals surface area contributed by atoms with Crippen LogP contribution >= 0.6 is 0 Å². The predicted octanol–water partition coefficient (Wildman–Crippen LogP) is 1.07. The molecule has 0 saturated heterocycles. The highest BCUT2D eigenvalue weighted by Gasteiger charge is 2.22.